The molecule has 0 fully saturated rings. The third kappa shape index (κ3) is 3.51. The van der Waals surface area contributed by atoms with E-state index in [1.165, 1.54) is 6.07 Å². The molecule has 0 saturated carbocycles. The number of rotatable bonds is 2. The molecule has 1 heterocycles. The van der Waals surface area contributed by atoms with Crippen molar-refractivity contribution >= 4 is 23.1 Å². The predicted octanol–water partition coefficient (Wildman–Crippen LogP) is -0.631. The van der Waals surface area contributed by atoms with Crippen molar-refractivity contribution in [2.75, 3.05) is 0 Å². The van der Waals surface area contributed by atoms with Crippen molar-refractivity contribution in [3.63, 3.8) is 0 Å². The Labute approximate surface area is 116 Å². The van der Waals surface area contributed by atoms with Gasteiger partial charge < -0.3 is 12.9 Å². The van der Waals surface area contributed by atoms with Crippen LogP contribution in [0.5, 0.6) is 0 Å². The van der Waals surface area contributed by atoms with Crippen molar-refractivity contribution in [3.05, 3.63) is 17.0 Å². The van der Waals surface area contributed by atoms with Gasteiger partial charge in [0.25, 0.3) is 0 Å². The number of thiophene rings is 1. The first-order chi connectivity index (χ1) is 5.04. The number of aryl methyl sites for hydroxylation is 1. The van der Waals surface area contributed by atoms with Crippen LogP contribution in [-0.2, 0) is 6.42 Å². The minimum atomic E-state index is -4.77. The molecule has 0 bridgehead atoms. The zero-order valence-electron chi connectivity index (χ0n) is 6.98. The average molecular weight is 218 g/mol. The zero-order valence-corrected chi connectivity index (χ0v) is 10.9. The van der Waals surface area contributed by atoms with Crippen LogP contribution in [0.2, 0.25) is 0 Å². The Kier molecular flexibility index (Phi) is 5.68. The van der Waals surface area contributed by atoms with E-state index in [1.54, 1.807) is 5.38 Å². The fourth-order valence-corrected chi connectivity index (χ4v) is 1.65. The van der Waals surface area contributed by atoms with Gasteiger partial charge in [0.1, 0.15) is 0 Å². The van der Waals surface area contributed by atoms with Gasteiger partial charge in [-0.2, -0.15) is 11.3 Å². The minimum absolute atomic E-state index is 0. The first-order valence-electron chi connectivity index (χ1n) is 3.31. The van der Waals surface area contributed by atoms with E-state index in [-0.39, 0.29) is 51.4 Å². The molecule has 1 aromatic heterocycles. The maximum absolute atomic E-state index is 12.0. The van der Waals surface area contributed by atoms with Crippen LogP contribution in [0.4, 0.5) is 12.9 Å². The molecular weight excluding hydrogens is 211 g/mol. The maximum Gasteiger partial charge on any atom is 1.00 e. The van der Waals surface area contributed by atoms with Gasteiger partial charge >= 0.3 is 58.4 Å². The van der Waals surface area contributed by atoms with Crippen LogP contribution < -0.4 is 56.2 Å². The van der Waals surface area contributed by atoms with E-state index in [2.05, 4.69) is 0 Å². The normalized spacial score (nSPS) is 11.0. The molecule has 1 rings (SSSR count). The Morgan fingerprint density at radius 1 is 1.42 bits per heavy atom. The zero-order chi connectivity index (χ0) is 8.48. The van der Waals surface area contributed by atoms with Crippen molar-refractivity contribution in [2.45, 2.75) is 13.3 Å². The van der Waals surface area contributed by atoms with Crippen LogP contribution in [0, 0.1) is 0 Å². The van der Waals surface area contributed by atoms with Crippen molar-refractivity contribution in [1.82, 2.24) is 0 Å². The van der Waals surface area contributed by atoms with Crippen molar-refractivity contribution in [2.24, 2.45) is 0 Å². The summed E-state index contributed by atoms with van der Waals surface area (Å²) < 4.78 is 35.6. The van der Waals surface area contributed by atoms with Crippen LogP contribution in [0.3, 0.4) is 0 Å². The molecule has 0 spiro atoms. The quantitative estimate of drug-likeness (QED) is 0.580. The summed E-state index contributed by atoms with van der Waals surface area (Å²) in [5.74, 6) is 0. The van der Waals surface area contributed by atoms with Crippen LogP contribution in [0.25, 0.3) is 0 Å². The molecule has 0 aliphatic rings. The SMILES string of the molecule is CCc1csc([B-](F)(F)F)c1.[K+]. The second-order valence-electron chi connectivity index (χ2n) is 2.29. The van der Waals surface area contributed by atoms with Gasteiger partial charge in [-0.15, -0.1) is 0 Å². The summed E-state index contributed by atoms with van der Waals surface area (Å²) in [4.78, 5) is 0. The third-order valence-electron chi connectivity index (χ3n) is 1.40. The van der Waals surface area contributed by atoms with Gasteiger partial charge in [0, 0.05) is 0 Å². The van der Waals surface area contributed by atoms with Gasteiger partial charge in [0.05, 0.1) is 0 Å². The standard InChI is InChI=1S/C6H7BF3S.K/c1-2-5-3-6(11-4-5)7(8,9)10;/h3-4H,2H2,1H3;/q-1;+1. The van der Waals surface area contributed by atoms with Crippen molar-refractivity contribution in [1.29, 1.82) is 0 Å². The van der Waals surface area contributed by atoms with Crippen molar-refractivity contribution < 1.29 is 64.3 Å². The molecule has 0 amide bonds. The van der Waals surface area contributed by atoms with Crippen LogP contribution in [0.1, 0.15) is 12.5 Å². The molecule has 0 aromatic carbocycles. The van der Waals surface area contributed by atoms with Crippen LogP contribution in [-0.4, -0.2) is 6.98 Å². The molecule has 0 unspecified atom stereocenters. The molecular formula is C6H7BF3KS. The summed E-state index contributed by atoms with van der Waals surface area (Å²) in [5, 5.41) is 1.56. The van der Waals surface area contributed by atoms with E-state index >= 15 is 0 Å². The summed E-state index contributed by atoms with van der Waals surface area (Å²) >= 11 is 0.784. The summed E-state index contributed by atoms with van der Waals surface area (Å²) in [6.45, 7) is -2.93. The van der Waals surface area contributed by atoms with Crippen molar-refractivity contribution in [3.8, 4) is 0 Å². The Hall–Kier alpha value is 1.19. The van der Waals surface area contributed by atoms with E-state index in [0.29, 0.717) is 6.42 Å². The van der Waals surface area contributed by atoms with Gasteiger partial charge in [-0.3, -0.25) is 0 Å². The van der Waals surface area contributed by atoms with E-state index in [9.17, 15) is 12.9 Å². The van der Waals surface area contributed by atoms with E-state index < -0.39 is 11.8 Å². The number of halogens is 3. The molecule has 0 aliphatic heterocycles. The smallest absolute Gasteiger partial charge is 0.444 e. The minimum Gasteiger partial charge on any atom is -0.444 e. The molecule has 0 atom stereocenters. The van der Waals surface area contributed by atoms with Crippen LogP contribution >= 0.6 is 11.3 Å². The summed E-state index contributed by atoms with van der Waals surface area (Å²) in [6.07, 6.45) is 0.669. The Bertz CT molecular complexity index is 245. The molecule has 0 radical (unpaired) electrons. The maximum atomic E-state index is 12.0. The second kappa shape index (κ2) is 5.17. The molecule has 0 aliphatic carbocycles. The molecule has 6 heteroatoms. The Morgan fingerprint density at radius 2 is 2.00 bits per heavy atom. The van der Waals surface area contributed by atoms with Gasteiger partial charge in [0.2, 0.25) is 0 Å². The Morgan fingerprint density at radius 3 is 2.25 bits per heavy atom. The first kappa shape index (κ1) is 13.2. The number of hydrogen-bond donors (Lipinski definition) is 0. The molecule has 0 N–H and O–H groups in total. The molecule has 0 nitrogen and oxygen atoms in total. The fourth-order valence-electron chi connectivity index (χ4n) is 0.752. The molecule has 1 aromatic rings. The van der Waals surface area contributed by atoms with E-state index in [0.717, 1.165) is 16.9 Å². The third-order valence-corrected chi connectivity index (χ3v) is 2.48. The summed E-state index contributed by atoms with van der Waals surface area (Å²) in [5.41, 5.74) is 0.768. The molecule has 62 valence electrons. The fraction of sp³-hybridized carbons (Fsp3) is 0.333. The molecule has 12 heavy (non-hydrogen) atoms. The van der Waals surface area contributed by atoms with Gasteiger partial charge in [-0.05, 0) is 17.4 Å². The topological polar surface area (TPSA) is 0 Å². The molecule has 0 saturated heterocycles. The van der Waals surface area contributed by atoms with Gasteiger partial charge in [-0.25, -0.2) is 0 Å². The summed E-state index contributed by atoms with van der Waals surface area (Å²) in [6, 6.07) is 1.23. The first-order valence-corrected chi connectivity index (χ1v) is 4.19. The number of hydrogen-bond acceptors (Lipinski definition) is 1. The van der Waals surface area contributed by atoms with E-state index in [1.807, 2.05) is 6.92 Å². The largest absolute Gasteiger partial charge is 1.00 e. The van der Waals surface area contributed by atoms with Gasteiger partial charge in [-0.1, -0.05) is 17.8 Å². The monoisotopic (exact) mass is 218 g/mol. The predicted molar refractivity (Wildman–Crippen MR) is 42.4 cm³/mol. The average Bonchev–Trinajstić information content (AvgIpc) is 2.32. The van der Waals surface area contributed by atoms with Crippen LogP contribution in [0.15, 0.2) is 11.4 Å². The summed E-state index contributed by atoms with van der Waals surface area (Å²) in [7, 11) is 0. The second-order valence-corrected chi connectivity index (χ2v) is 3.23. The van der Waals surface area contributed by atoms with Gasteiger partial charge in [0.15, 0.2) is 0 Å². The van der Waals surface area contributed by atoms with E-state index in [4.69, 9.17) is 0 Å². The Balaban J connectivity index is 0.00000121.